The summed E-state index contributed by atoms with van der Waals surface area (Å²) in [6.07, 6.45) is 11.2. The molecule has 1 saturated carbocycles. The van der Waals surface area contributed by atoms with Gasteiger partial charge in [-0.05, 0) is 19.3 Å². The van der Waals surface area contributed by atoms with E-state index in [1.54, 1.807) is 0 Å². The highest BCUT2D eigenvalue weighted by atomic mass is 16.8. The van der Waals surface area contributed by atoms with Crippen molar-refractivity contribution >= 4 is 5.97 Å². The van der Waals surface area contributed by atoms with Gasteiger partial charge < -0.3 is 14.2 Å². The summed E-state index contributed by atoms with van der Waals surface area (Å²) in [4.78, 5) is 11.4. The van der Waals surface area contributed by atoms with Crippen molar-refractivity contribution in [1.82, 2.24) is 0 Å². The number of hydrogen-bond donors (Lipinski definition) is 0. The first-order valence-electron chi connectivity index (χ1n) is 8.18. The average Bonchev–Trinajstić information content (AvgIpc) is 2.87. The van der Waals surface area contributed by atoms with Gasteiger partial charge in [-0.15, -0.1) is 0 Å². The van der Waals surface area contributed by atoms with Crippen LogP contribution < -0.4 is 0 Å². The van der Waals surface area contributed by atoms with E-state index in [1.807, 2.05) is 0 Å². The van der Waals surface area contributed by atoms with Gasteiger partial charge in [0.2, 0.25) is 5.79 Å². The molecule has 1 spiro atoms. The van der Waals surface area contributed by atoms with Crippen LogP contribution in [0.5, 0.6) is 0 Å². The molecule has 2 rings (SSSR count). The predicted octanol–water partition coefficient (Wildman–Crippen LogP) is 3.58. The highest BCUT2D eigenvalue weighted by Gasteiger charge is 2.45. The Morgan fingerprint density at radius 2 is 1.50 bits per heavy atom. The van der Waals surface area contributed by atoms with E-state index in [0.29, 0.717) is 13.2 Å². The van der Waals surface area contributed by atoms with Crippen molar-refractivity contribution in [2.75, 3.05) is 13.2 Å². The molecule has 1 aliphatic heterocycles. The Morgan fingerprint density at radius 3 is 2.10 bits per heavy atom. The van der Waals surface area contributed by atoms with E-state index in [-0.39, 0.29) is 12.1 Å². The Kier molecular flexibility index (Phi) is 6.30. The monoisotopic (exact) mass is 284 g/mol. The quantitative estimate of drug-likeness (QED) is 0.690. The SMILES string of the molecule is CC(=O)O[C@@H]1CCCCCCCCCCC12OCCO2. The average molecular weight is 284 g/mol. The number of esters is 1. The van der Waals surface area contributed by atoms with E-state index in [0.717, 1.165) is 25.7 Å². The molecule has 4 heteroatoms. The van der Waals surface area contributed by atoms with Crippen LogP contribution in [-0.2, 0) is 19.0 Å². The summed E-state index contributed by atoms with van der Waals surface area (Å²) in [7, 11) is 0. The largest absolute Gasteiger partial charge is 0.457 e. The molecule has 0 aromatic heterocycles. The normalized spacial score (nSPS) is 28.6. The number of carbonyl (C=O) groups excluding carboxylic acids is 1. The maximum atomic E-state index is 11.4. The molecule has 0 N–H and O–H groups in total. The topological polar surface area (TPSA) is 44.8 Å². The van der Waals surface area contributed by atoms with E-state index in [9.17, 15) is 4.79 Å². The molecule has 1 heterocycles. The maximum absolute atomic E-state index is 11.4. The molecule has 0 aromatic carbocycles. The molecule has 1 atom stereocenters. The van der Waals surface area contributed by atoms with E-state index < -0.39 is 5.79 Å². The summed E-state index contributed by atoms with van der Waals surface area (Å²) in [5, 5.41) is 0. The van der Waals surface area contributed by atoms with Crippen LogP contribution in [-0.4, -0.2) is 31.1 Å². The lowest BCUT2D eigenvalue weighted by Crippen LogP contribution is -2.46. The summed E-state index contributed by atoms with van der Waals surface area (Å²) in [6.45, 7) is 2.69. The first-order valence-corrected chi connectivity index (χ1v) is 8.18. The molecule has 0 radical (unpaired) electrons. The molecule has 20 heavy (non-hydrogen) atoms. The smallest absolute Gasteiger partial charge is 0.303 e. The zero-order valence-corrected chi connectivity index (χ0v) is 12.7. The predicted molar refractivity (Wildman–Crippen MR) is 76.4 cm³/mol. The molecule has 116 valence electrons. The Hall–Kier alpha value is -0.610. The first kappa shape index (κ1) is 15.8. The van der Waals surface area contributed by atoms with Crippen molar-refractivity contribution in [3.63, 3.8) is 0 Å². The molecule has 0 bridgehead atoms. The van der Waals surface area contributed by atoms with Gasteiger partial charge in [-0.1, -0.05) is 38.5 Å². The molecule has 1 aliphatic carbocycles. The van der Waals surface area contributed by atoms with Gasteiger partial charge in [-0.25, -0.2) is 0 Å². The molecular weight excluding hydrogens is 256 g/mol. The molecule has 1 saturated heterocycles. The van der Waals surface area contributed by atoms with E-state index in [2.05, 4.69) is 0 Å². The summed E-state index contributed by atoms with van der Waals surface area (Å²) in [6, 6.07) is 0. The first-order chi connectivity index (χ1) is 9.73. The second-order valence-electron chi connectivity index (χ2n) is 5.97. The lowest BCUT2D eigenvalue weighted by atomic mass is 9.94. The second-order valence-corrected chi connectivity index (χ2v) is 5.97. The molecule has 2 fully saturated rings. The number of hydrogen-bond acceptors (Lipinski definition) is 4. The summed E-state index contributed by atoms with van der Waals surface area (Å²) in [5.74, 6) is -0.911. The third kappa shape index (κ3) is 4.45. The van der Waals surface area contributed by atoms with Crippen LogP contribution in [0, 0.1) is 0 Å². The second kappa shape index (κ2) is 7.99. The van der Waals surface area contributed by atoms with Crippen LogP contribution in [0.4, 0.5) is 0 Å². The Morgan fingerprint density at radius 1 is 0.950 bits per heavy atom. The van der Waals surface area contributed by atoms with Crippen LogP contribution in [0.15, 0.2) is 0 Å². The van der Waals surface area contributed by atoms with Crippen molar-refractivity contribution in [3.05, 3.63) is 0 Å². The Bertz CT molecular complexity index is 297. The fourth-order valence-corrected chi connectivity index (χ4v) is 3.29. The molecule has 2 aliphatic rings. The van der Waals surface area contributed by atoms with Gasteiger partial charge in [-0.3, -0.25) is 4.79 Å². The van der Waals surface area contributed by atoms with Crippen LogP contribution in [0.3, 0.4) is 0 Å². The highest BCUT2D eigenvalue weighted by molar-refractivity contribution is 5.66. The minimum absolute atomic E-state index is 0.236. The lowest BCUT2D eigenvalue weighted by Gasteiger charge is -2.35. The highest BCUT2D eigenvalue weighted by Crippen LogP contribution is 2.34. The van der Waals surface area contributed by atoms with Gasteiger partial charge in [0.25, 0.3) is 0 Å². The van der Waals surface area contributed by atoms with Crippen molar-refractivity contribution < 1.29 is 19.0 Å². The third-order valence-electron chi connectivity index (χ3n) is 4.32. The summed E-state index contributed by atoms with van der Waals surface area (Å²) >= 11 is 0. The van der Waals surface area contributed by atoms with Crippen molar-refractivity contribution in [2.45, 2.75) is 83.0 Å². The van der Waals surface area contributed by atoms with Crippen molar-refractivity contribution in [1.29, 1.82) is 0 Å². The zero-order valence-electron chi connectivity index (χ0n) is 12.7. The molecule has 0 unspecified atom stereocenters. The van der Waals surface area contributed by atoms with Crippen LogP contribution in [0.25, 0.3) is 0 Å². The summed E-state index contributed by atoms with van der Waals surface area (Å²) < 4.78 is 17.3. The minimum atomic E-state index is -0.676. The minimum Gasteiger partial charge on any atom is -0.457 e. The maximum Gasteiger partial charge on any atom is 0.303 e. The standard InChI is InChI=1S/C16H28O4/c1-14(17)20-15-10-8-6-4-2-3-5-7-9-11-16(15)18-12-13-19-16/h15H,2-13H2,1H3/t15-/m1/s1. The Balaban J connectivity index is 2.03. The van der Waals surface area contributed by atoms with E-state index in [1.165, 1.54) is 45.4 Å². The number of rotatable bonds is 1. The van der Waals surface area contributed by atoms with E-state index in [4.69, 9.17) is 14.2 Å². The zero-order chi connectivity index (χ0) is 14.3. The number of carbonyl (C=O) groups is 1. The third-order valence-corrected chi connectivity index (χ3v) is 4.32. The van der Waals surface area contributed by atoms with Crippen LogP contribution in [0.1, 0.15) is 71.1 Å². The number of ether oxygens (including phenoxy) is 3. The lowest BCUT2D eigenvalue weighted by molar-refractivity contribution is -0.237. The Labute approximate surface area is 122 Å². The van der Waals surface area contributed by atoms with Gasteiger partial charge in [-0.2, -0.15) is 0 Å². The molecule has 0 amide bonds. The molecule has 0 aromatic rings. The molecular formula is C16H28O4. The van der Waals surface area contributed by atoms with Gasteiger partial charge in [0, 0.05) is 13.3 Å². The van der Waals surface area contributed by atoms with Gasteiger partial charge >= 0.3 is 5.97 Å². The van der Waals surface area contributed by atoms with Gasteiger partial charge in [0.05, 0.1) is 13.2 Å². The van der Waals surface area contributed by atoms with Crippen LogP contribution in [0.2, 0.25) is 0 Å². The molecule has 4 nitrogen and oxygen atoms in total. The van der Waals surface area contributed by atoms with Gasteiger partial charge in [0.1, 0.15) is 0 Å². The summed E-state index contributed by atoms with van der Waals surface area (Å²) in [5.41, 5.74) is 0. The van der Waals surface area contributed by atoms with Gasteiger partial charge in [0.15, 0.2) is 6.10 Å². The van der Waals surface area contributed by atoms with E-state index >= 15 is 0 Å². The van der Waals surface area contributed by atoms with Crippen molar-refractivity contribution in [3.8, 4) is 0 Å². The fourth-order valence-electron chi connectivity index (χ4n) is 3.29. The van der Waals surface area contributed by atoms with Crippen LogP contribution >= 0.6 is 0 Å². The van der Waals surface area contributed by atoms with Crippen molar-refractivity contribution in [2.24, 2.45) is 0 Å². The fraction of sp³-hybridized carbons (Fsp3) is 0.938.